The van der Waals surface area contributed by atoms with E-state index in [0.29, 0.717) is 11.8 Å². The molecule has 0 amide bonds. The van der Waals surface area contributed by atoms with Gasteiger partial charge in [-0.25, -0.2) is 8.78 Å². The van der Waals surface area contributed by atoms with Crippen molar-refractivity contribution in [2.45, 2.75) is 39.0 Å². The molecule has 0 aromatic rings. The van der Waals surface area contributed by atoms with Crippen molar-refractivity contribution >= 4 is 0 Å². The zero-order valence-electron chi connectivity index (χ0n) is 7.03. The van der Waals surface area contributed by atoms with Crippen molar-refractivity contribution in [3.05, 3.63) is 0 Å². The van der Waals surface area contributed by atoms with Gasteiger partial charge in [-0.2, -0.15) is 0 Å². The average molecular weight is 160 g/mol. The molecular weight excluding hydrogens is 146 g/mol. The largest absolute Gasteiger partial charge is 0.254 e. The molecule has 2 aliphatic carbocycles. The highest BCUT2D eigenvalue weighted by Gasteiger charge is 2.75. The first-order chi connectivity index (χ1) is 4.97. The average Bonchev–Trinajstić information content (AvgIpc) is 2.29. The maximum absolute atomic E-state index is 12.7. The van der Waals surface area contributed by atoms with E-state index in [-0.39, 0.29) is 6.42 Å². The van der Waals surface area contributed by atoms with Gasteiger partial charge in [0.1, 0.15) is 0 Å². The summed E-state index contributed by atoms with van der Waals surface area (Å²) in [5, 5.41) is 0. The second kappa shape index (κ2) is 1.78. The minimum atomic E-state index is -2.29. The Morgan fingerprint density at radius 2 is 1.73 bits per heavy atom. The molecule has 0 nitrogen and oxygen atoms in total. The van der Waals surface area contributed by atoms with E-state index in [9.17, 15) is 8.78 Å². The fraction of sp³-hybridized carbons (Fsp3) is 1.00. The fourth-order valence-electron chi connectivity index (χ4n) is 2.24. The predicted molar refractivity (Wildman–Crippen MR) is 39.6 cm³/mol. The molecule has 2 heteroatoms. The van der Waals surface area contributed by atoms with E-state index >= 15 is 0 Å². The van der Waals surface area contributed by atoms with Gasteiger partial charge in [0.15, 0.2) is 0 Å². The second-order valence-electron chi connectivity index (χ2n) is 4.57. The molecule has 0 aliphatic heterocycles. The highest BCUT2D eigenvalue weighted by Crippen LogP contribution is 2.73. The second-order valence-corrected chi connectivity index (χ2v) is 4.57. The lowest BCUT2D eigenvalue weighted by Gasteiger charge is -2.38. The fourth-order valence-corrected chi connectivity index (χ4v) is 2.24. The number of hydrogen-bond donors (Lipinski definition) is 0. The number of rotatable bonds is 1. The topological polar surface area (TPSA) is 0 Å². The summed E-state index contributed by atoms with van der Waals surface area (Å²) in [6.45, 7) is 4.25. The minimum Gasteiger partial charge on any atom is -0.206 e. The van der Waals surface area contributed by atoms with Crippen molar-refractivity contribution in [3.8, 4) is 0 Å². The van der Waals surface area contributed by atoms with Gasteiger partial charge in [0.25, 0.3) is 5.92 Å². The van der Waals surface area contributed by atoms with Crippen LogP contribution in [0.4, 0.5) is 8.78 Å². The third-order valence-corrected chi connectivity index (χ3v) is 3.46. The first kappa shape index (κ1) is 7.51. The van der Waals surface area contributed by atoms with Crippen LogP contribution in [0.2, 0.25) is 0 Å². The molecule has 0 N–H and O–H groups in total. The Labute approximate surface area is 66.0 Å². The third kappa shape index (κ3) is 0.844. The van der Waals surface area contributed by atoms with E-state index in [1.807, 2.05) is 0 Å². The smallest absolute Gasteiger partial charge is 0.206 e. The summed E-state index contributed by atoms with van der Waals surface area (Å²) in [5.41, 5.74) is -0.512. The molecule has 0 bridgehead atoms. The Balaban J connectivity index is 1.90. The molecule has 0 heterocycles. The van der Waals surface area contributed by atoms with Crippen molar-refractivity contribution in [2.24, 2.45) is 17.3 Å². The van der Waals surface area contributed by atoms with Gasteiger partial charge in [0.05, 0.1) is 0 Å². The standard InChI is InChI=1S/C9H14F2/c1-6(2)7-3-8(4-7)5-9(8,10)11/h6-7H,3-5H2,1-2H3/t7-,8-. The van der Waals surface area contributed by atoms with Crippen LogP contribution in [0.3, 0.4) is 0 Å². The highest BCUT2D eigenvalue weighted by atomic mass is 19.3. The van der Waals surface area contributed by atoms with Gasteiger partial charge in [-0.05, 0) is 24.7 Å². The summed E-state index contributed by atoms with van der Waals surface area (Å²) in [5.74, 6) is -1.13. The van der Waals surface area contributed by atoms with Gasteiger partial charge in [0.2, 0.25) is 0 Å². The van der Waals surface area contributed by atoms with Crippen LogP contribution in [-0.4, -0.2) is 5.92 Å². The molecule has 2 saturated carbocycles. The quantitative estimate of drug-likeness (QED) is 0.553. The Morgan fingerprint density at radius 1 is 1.27 bits per heavy atom. The van der Waals surface area contributed by atoms with Gasteiger partial charge < -0.3 is 0 Å². The maximum Gasteiger partial charge on any atom is 0.254 e. The molecule has 11 heavy (non-hydrogen) atoms. The molecule has 2 rings (SSSR count). The first-order valence-electron chi connectivity index (χ1n) is 4.35. The summed E-state index contributed by atoms with van der Waals surface area (Å²) in [4.78, 5) is 0. The van der Waals surface area contributed by atoms with Gasteiger partial charge >= 0.3 is 0 Å². The summed E-state index contributed by atoms with van der Waals surface area (Å²) >= 11 is 0. The lowest BCUT2D eigenvalue weighted by molar-refractivity contribution is -0.0110. The summed E-state index contributed by atoms with van der Waals surface area (Å²) in [6, 6.07) is 0. The Hall–Kier alpha value is -0.140. The molecule has 0 saturated heterocycles. The molecule has 0 atom stereocenters. The van der Waals surface area contributed by atoms with Gasteiger partial charge in [0, 0.05) is 11.8 Å². The minimum absolute atomic E-state index is 0.170. The van der Waals surface area contributed by atoms with Crippen molar-refractivity contribution < 1.29 is 8.78 Å². The van der Waals surface area contributed by atoms with Crippen molar-refractivity contribution in [1.29, 1.82) is 0 Å². The molecule has 1 spiro atoms. The van der Waals surface area contributed by atoms with Crippen molar-refractivity contribution in [2.75, 3.05) is 0 Å². The normalized spacial score (nSPS) is 46.1. The van der Waals surface area contributed by atoms with Crippen LogP contribution in [0.1, 0.15) is 33.1 Å². The van der Waals surface area contributed by atoms with E-state index in [1.54, 1.807) is 0 Å². The lowest BCUT2D eigenvalue weighted by Crippen LogP contribution is -2.33. The van der Waals surface area contributed by atoms with Gasteiger partial charge in [-0.3, -0.25) is 0 Å². The van der Waals surface area contributed by atoms with E-state index in [1.165, 1.54) is 0 Å². The molecule has 2 fully saturated rings. The monoisotopic (exact) mass is 160 g/mol. The van der Waals surface area contributed by atoms with E-state index in [2.05, 4.69) is 13.8 Å². The zero-order valence-corrected chi connectivity index (χ0v) is 7.03. The summed E-state index contributed by atoms with van der Waals surface area (Å²) in [6.07, 6.45) is 1.72. The van der Waals surface area contributed by atoms with Gasteiger partial charge in [-0.1, -0.05) is 13.8 Å². The number of hydrogen-bond acceptors (Lipinski definition) is 0. The molecular formula is C9H14F2. The molecule has 0 aromatic carbocycles. The summed E-state index contributed by atoms with van der Waals surface area (Å²) in [7, 11) is 0. The summed E-state index contributed by atoms with van der Waals surface area (Å²) < 4.78 is 25.3. The lowest BCUT2D eigenvalue weighted by atomic mass is 9.66. The van der Waals surface area contributed by atoms with Crippen LogP contribution >= 0.6 is 0 Å². The third-order valence-electron chi connectivity index (χ3n) is 3.46. The van der Waals surface area contributed by atoms with Crippen LogP contribution in [0.25, 0.3) is 0 Å². The Bertz CT molecular complexity index is 178. The highest BCUT2D eigenvalue weighted by molar-refractivity contribution is 5.17. The van der Waals surface area contributed by atoms with Crippen molar-refractivity contribution in [1.82, 2.24) is 0 Å². The SMILES string of the molecule is CC(C)[C@H]1C[C@@]2(CC2(F)F)C1. The zero-order chi connectivity index (χ0) is 8.28. The van der Waals surface area contributed by atoms with E-state index in [0.717, 1.165) is 12.8 Å². The predicted octanol–water partition coefficient (Wildman–Crippen LogP) is 3.08. The molecule has 2 aliphatic rings. The van der Waals surface area contributed by atoms with Crippen LogP contribution in [0.5, 0.6) is 0 Å². The number of halogens is 2. The molecule has 0 radical (unpaired) electrons. The Kier molecular flexibility index (Phi) is 1.21. The van der Waals surface area contributed by atoms with E-state index < -0.39 is 11.3 Å². The van der Waals surface area contributed by atoms with E-state index in [4.69, 9.17) is 0 Å². The van der Waals surface area contributed by atoms with Crippen LogP contribution in [0, 0.1) is 17.3 Å². The van der Waals surface area contributed by atoms with Gasteiger partial charge in [-0.15, -0.1) is 0 Å². The van der Waals surface area contributed by atoms with Crippen molar-refractivity contribution in [3.63, 3.8) is 0 Å². The number of alkyl halides is 2. The Morgan fingerprint density at radius 3 is 2.00 bits per heavy atom. The first-order valence-corrected chi connectivity index (χ1v) is 4.35. The van der Waals surface area contributed by atoms with Crippen LogP contribution < -0.4 is 0 Å². The molecule has 0 aromatic heterocycles. The maximum atomic E-state index is 12.7. The van der Waals surface area contributed by atoms with Crippen LogP contribution in [0.15, 0.2) is 0 Å². The molecule has 64 valence electrons. The molecule has 0 unspecified atom stereocenters. The van der Waals surface area contributed by atoms with Crippen LogP contribution in [-0.2, 0) is 0 Å².